The van der Waals surface area contributed by atoms with E-state index < -0.39 is 0 Å². The Bertz CT molecular complexity index is 364. The molecule has 0 saturated heterocycles. The average Bonchev–Trinajstić information content (AvgIpc) is 2.41. The van der Waals surface area contributed by atoms with E-state index in [-0.39, 0.29) is 0 Å². The molecule has 4 heteroatoms. The molecule has 0 fully saturated rings. The monoisotopic (exact) mass is 269 g/mol. The van der Waals surface area contributed by atoms with Gasteiger partial charge in [-0.15, -0.1) is 0 Å². The Kier molecular flexibility index (Phi) is 6.44. The molecule has 3 nitrogen and oxygen atoms in total. The van der Waals surface area contributed by atoms with Crippen molar-refractivity contribution in [3.8, 4) is 0 Å². The molecule has 1 heterocycles. The van der Waals surface area contributed by atoms with Crippen LogP contribution in [0.4, 0.5) is 5.82 Å². The molecule has 0 amide bonds. The molecule has 1 rings (SSSR count). The lowest BCUT2D eigenvalue weighted by Gasteiger charge is -2.26. The zero-order valence-electron chi connectivity index (χ0n) is 11.6. The van der Waals surface area contributed by atoms with Crippen molar-refractivity contribution in [3.63, 3.8) is 0 Å². The zero-order valence-corrected chi connectivity index (χ0v) is 12.4. The van der Waals surface area contributed by atoms with Crippen LogP contribution in [0, 0.1) is 5.92 Å². The van der Waals surface area contributed by atoms with Crippen LogP contribution in [0.1, 0.15) is 39.2 Å². The highest BCUT2D eigenvalue weighted by molar-refractivity contribution is 6.31. The summed E-state index contributed by atoms with van der Waals surface area (Å²) < 4.78 is 0. The highest BCUT2D eigenvalue weighted by Gasteiger charge is 2.13. The maximum atomic E-state index is 6.04. The predicted octanol–water partition coefficient (Wildman–Crippen LogP) is 3.46. The van der Waals surface area contributed by atoms with E-state index in [1.54, 1.807) is 6.20 Å². The maximum Gasteiger partial charge on any atom is 0.128 e. The lowest BCUT2D eigenvalue weighted by molar-refractivity contribution is 0.484. The molecule has 18 heavy (non-hydrogen) atoms. The highest BCUT2D eigenvalue weighted by Crippen LogP contribution is 2.21. The largest absolute Gasteiger partial charge is 0.357 e. The molecule has 0 aliphatic carbocycles. The number of nitrogens with two attached hydrogens (primary N) is 1. The van der Waals surface area contributed by atoms with E-state index in [2.05, 4.69) is 30.7 Å². The second-order valence-electron chi connectivity index (χ2n) is 4.56. The Labute approximate surface area is 115 Å². The van der Waals surface area contributed by atoms with Gasteiger partial charge in [0.2, 0.25) is 0 Å². The maximum absolute atomic E-state index is 6.04. The normalized spacial score (nSPS) is 11.0. The number of pyridine rings is 1. The molecule has 2 N–H and O–H groups in total. The molecule has 0 atom stereocenters. The number of hydrogen-bond donors (Lipinski definition) is 1. The Hall–Kier alpha value is -0.800. The number of anilines is 1. The van der Waals surface area contributed by atoms with Gasteiger partial charge in [-0.05, 0) is 24.5 Å². The van der Waals surface area contributed by atoms with Crippen molar-refractivity contribution < 1.29 is 0 Å². The number of rotatable bonds is 7. The van der Waals surface area contributed by atoms with Crippen LogP contribution in [0.3, 0.4) is 0 Å². The molecule has 0 radical (unpaired) electrons. The smallest absolute Gasteiger partial charge is 0.128 e. The minimum atomic E-state index is 0.455. The first kappa shape index (κ1) is 15.3. The Morgan fingerprint density at radius 2 is 2.00 bits per heavy atom. The molecule has 0 aromatic carbocycles. The molecular formula is C14H24ClN3. The molecule has 0 bridgehead atoms. The van der Waals surface area contributed by atoms with Gasteiger partial charge in [0, 0.05) is 25.8 Å². The zero-order chi connectivity index (χ0) is 13.5. The number of hydrogen-bond acceptors (Lipinski definition) is 3. The summed E-state index contributed by atoms with van der Waals surface area (Å²) in [5.41, 5.74) is 6.65. The minimum Gasteiger partial charge on any atom is -0.357 e. The summed E-state index contributed by atoms with van der Waals surface area (Å²) in [5, 5.41) is 0.653. The fourth-order valence-corrected chi connectivity index (χ4v) is 2.22. The van der Waals surface area contributed by atoms with Gasteiger partial charge in [0.25, 0.3) is 0 Å². The van der Waals surface area contributed by atoms with Crippen molar-refractivity contribution >= 4 is 17.4 Å². The third kappa shape index (κ3) is 3.85. The Morgan fingerprint density at radius 3 is 2.50 bits per heavy atom. The van der Waals surface area contributed by atoms with Crippen LogP contribution in [-0.4, -0.2) is 18.1 Å². The van der Waals surface area contributed by atoms with Gasteiger partial charge in [0.1, 0.15) is 5.82 Å². The van der Waals surface area contributed by atoms with Crippen molar-refractivity contribution in [3.05, 3.63) is 22.8 Å². The topological polar surface area (TPSA) is 42.1 Å². The fraction of sp³-hybridized carbons (Fsp3) is 0.643. The third-order valence-electron chi connectivity index (χ3n) is 3.48. The van der Waals surface area contributed by atoms with Crippen LogP contribution in [-0.2, 0) is 6.54 Å². The van der Waals surface area contributed by atoms with E-state index in [1.807, 2.05) is 6.07 Å². The number of halogens is 1. The summed E-state index contributed by atoms with van der Waals surface area (Å²) >= 11 is 6.04. The summed E-state index contributed by atoms with van der Waals surface area (Å²) in [6, 6.07) is 2.01. The van der Waals surface area contributed by atoms with E-state index in [0.717, 1.165) is 24.5 Å². The van der Waals surface area contributed by atoms with Gasteiger partial charge >= 0.3 is 0 Å². The van der Waals surface area contributed by atoms with Gasteiger partial charge in [0.05, 0.1) is 5.02 Å². The number of nitrogens with zero attached hydrogens (tertiary/aromatic N) is 2. The summed E-state index contributed by atoms with van der Waals surface area (Å²) in [6.07, 6.45) is 4.10. The first-order valence-corrected chi connectivity index (χ1v) is 7.13. The van der Waals surface area contributed by atoms with Gasteiger partial charge in [0.15, 0.2) is 0 Å². The highest BCUT2D eigenvalue weighted by atomic mass is 35.5. The summed E-state index contributed by atoms with van der Waals surface area (Å²) in [4.78, 5) is 6.72. The van der Waals surface area contributed by atoms with Crippen molar-refractivity contribution in [1.82, 2.24) is 4.98 Å². The molecular weight excluding hydrogens is 246 g/mol. The molecule has 0 spiro atoms. The summed E-state index contributed by atoms with van der Waals surface area (Å²) in [5.74, 6) is 1.69. The van der Waals surface area contributed by atoms with Gasteiger partial charge < -0.3 is 10.6 Å². The standard InChI is InChI=1S/C14H24ClN3/c1-4-11(5-2)10-18(6-3)14-7-12(8-16)13(15)9-17-14/h7,9,11H,4-6,8,10,16H2,1-3H3. The van der Waals surface area contributed by atoms with Crippen LogP contribution < -0.4 is 10.6 Å². The second kappa shape index (κ2) is 7.59. The number of aromatic nitrogens is 1. The average molecular weight is 270 g/mol. The molecule has 1 aromatic heterocycles. The van der Waals surface area contributed by atoms with Crippen LogP contribution in [0.25, 0.3) is 0 Å². The van der Waals surface area contributed by atoms with Crippen molar-refractivity contribution in [2.24, 2.45) is 11.7 Å². The quantitative estimate of drug-likeness (QED) is 0.824. The molecule has 0 unspecified atom stereocenters. The Balaban J connectivity index is 2.87. The molecule has 0 aliphatic heterocycles. The predicted molar refractivity (Wildman–Crippen MR) is 79.1 cm³/mol. The van der Waals surface area contributed by atoms with Gasteiger partial charge in [-0.3, -0.25) is 0 Å². The van der Waals surface area contributed by atoms with Gasteiger partial charge in [-0.1, -0.05) is 38.3 Å². The van der Waals surface area contributed by atoms with E-state index in [0.29, 0.717) is 17.5 Å². The van der Waals surface area contributed by atoms with Crippen LogP contribution in [0.15, 0.2) is 12.3 Å². The SMILES string of the molecule is CCC(CC)CN(CC)c1cc(CN)c(Cl)cn1. The molecule has 0 saturated carbocycles. The van der Waals surface area contributed by atoms with E-state index >= 15 is 0 Å². The molecule has 0 aliphatic rings. The first-order valence-electron chi connectivity index (χ1n) is 6.75. The summed E-state index contributed by atoms with van der Waals surface area (Å²) in [6.45, 7) is 9.08. The van der Waals surface area contributed by atoms with Crippen LogP contribution in [0.2, 0.25) is 5.02 Å². The first-order chi connectivity index (χ1) is 8.65. The third-order valence-corrected chi connectivity index (χ3v) is 3.82. The van der Waals surface area contributed by atoms with E-state index in [1.165, 1.54) is 12.8 Å². The van der Waals surface area contributed by atoms with E-state index in [4.69, 9.17) is 17.3 Å². The van der Waals surface area contributed by atoms with Crippen molar-refractivity contribution in [2.75, 3.05) is 18.0 Å². The minimum absolute atomic E-state index is 0.455. The fourth-order valence-electron chi connectivity index (χ4n) is 2.04. The summed E-state index contributed by atoms with van der Waals surface area (Å²) in [7, 11) is 0. The second-order valence-corrected chi connectivity index (χ2v) is 4.97. The lowest BCUT2D eigenvalue weighted by Crippen LogP contribution is -2.29. The van der Waals surface area contributed by atoms with Crippen molar-refractivity contribution in [1.29, 1.82) is 0 Å². The lowest BCUT2D eigenvalue weighted by atomic mass is 10.0. The molecule has 1 aromatic rings. The van der Waals surface area contributed by atoms with Gasteiger partial charge in [-0.25, -0.2) is 4.98 Å². The van der Waals surface area contributed by atoms with Gasteiger partial charge in [-0.2, -0.15) is 0 Å². The van der Waals surface area contributed by atoms with Crippen LogP contribution >= 0.6 is 11.6 Å². The van der Waals surface area contributed by atoms with Crippen LogP contribution in [0.5, 0.6) is 0 Å². The van der Waals surface area contributed by atoms with E-state index in [9.17, 15) is 0 Å². The molecule has 102 valence electrons. The Morgan fingerprint density at radius 1 is 1.33 bits per heavy atom. The van der Waals surface area contributed by atoms with Crippen molar-refractivity contribution in [2.45, 2.75) is 40.2 Å².